The average molecular weight is 276 g/mol. The summed E-state index contributed by atoms with van der Waals surface area (Å²) in [5.74, 6) is 0.935. The molecule has 20 heavy (non-hydrogen) atoms. The number of benzene rings is 1. The third-order valence-corrected chi connectivity index (χ3v) is 3.95. The van der Waals surface area contributed by atoms with Gasteiger partial charge in [0.05, 0.1) is 6.61 Å². The molecule has 3 nitrogen and oxygen atoms in total. The minimum absolute atomic E-state index is 0.215. The molecule has 1 heterocycles. The number of nitrogens with zero attached hydrogens (tertiary/aromatic N) is 1. The van der Waals surface area contributed by atoms with Crippen molar-refractivity contribution in [1.29, 1.82) is 0 Å². The minimum atomic E-state index is 0.215. The van der Waals surface area contributed by atoms with Crippen LogP contribution in [-0.2, 0) is 10.2 Å². The van der Waals surface area contributed by atoms with Crippen molar-refractivity contribution in [1.82, 2.24) is 4.90 Å². The summed E-state index contributed by atoms with van der Waals surface area (Å²) >= 11 is 0. The van der Waals surface area contributed by atoms with Crippen LogP contribution in [0.5, 0.6) is 5.75 Å². The second-order valence-corrected chi connectivity index (χ2v) is 5.86. The van der Waals surface area contributed by atoms with E-state index in [1.165, 1.54) is 5.56 Å². The Hall–Kier alpha value is -1.06. The van der Waals surface area contributed by atoms with Gasteiger partial charge in [-0.3, -0.25) is 0 Å². The zero-order valence-electron chi connectivity index (χ0n) is 12.7. The van der Waals surface area contributed by atoms with E-state index in [1.807, 2.05) is 0 Å². The van der Waals surface area contributed by atoms with Gasteiger partial charge in [-0.2, -0.15) is 0 Å². The van der Waals surface area contributed by atoms with E-state index in [1.54, 1.807) is 0 Å². The van der Waals surface area contributed by atoms with Crippen molar-refractivity contribution in [3.8, 4) is 5.75 Å². The molecule has 0 atom stereocenters. The van der Waals surface area contributed by atoms with Crippen LogP contribution in [-0.4, -0.2) is 45.4 Å². The molecule has 1 aromatic rings. The predicted octanol–water partition coefficient (Wildman–Crippen LogP) is 2.90. The van der Waals surface area contributed by atoms with Gasteiger partial charge in [-0.25, -0.2) is 0 Å². The van der Waals surface area contributed by atoms with Gasteiger partial charge in [0.1, 0.15) is 5.75 Å². The van der Waals surface area contributed by atoms with E-state index < -0.39 is 0 Å². The Bertz CT molecular complexity index is 394. The fourth-order valence-corrected chi connectivity index (χ4v) is 3.00. The second-order valence-electron chi connectivity index (χ2n) is 5.86. The molecule has 1 radical (unpaired) electrons. The van der Waals surface area contributed by atoms with Crippen LogP contribution in [0.25, 0.3) is 0 Å². The zero-order chi connectivity index (χ0) is 14.4. The highest BCUT2D eigenvalue weighted by Crippen LogP contribution is 2.36. The molecule has 111 valence electrons. The third-order valence-electron chi connectivity index (χ3n) is 3.95. The van der Waals surface area contributed by atoms with Gasteiger partial charge in [-0.05, 0) is 58.0 Å². The smallest absolute Gasteiger partial charge is 0.119 e. The lowest BCUT2D eigenvalue weighted by Gasteiger charge is -2.39. The maximum Gasteiger partial charge on any atom is 0.119 e. The Balaban J connectivity index is 2.15. The van der Waals surface area contributed by atoms with E-state index in [0.717, 1.165) is 44.8 Å². The first-order chi connectivity index (χ1) is 9.66. The largest absolute Gasteiger partial charge is 0.494 e. The van der Waals surface area contributed by atoms with E-state index >= 15 is 0 Å². The molecule has 1 aliphatic heterocycles. The van der Waals surface area contributed by atoms with Crippen molar-refractivity contribution in [2.75, 3.05) is 40.5 Å². The van der Waals surface area contributed by atoms with Gasteiger partial charge in [0, 0.05) is 25.2 Å². The molecule has 1 aliphatic rings. The highest BCUT2D eigenvalue weighted by molar-refractivity contribution is 5.33. The summed E-state index contributed by atoms with van der Waals surface area (Å²) in [6.07, 6.45) is 2.97. The van der Waals surface area contributed by atoms with Crippen molar-refractivity contribution >= 4 is 0 Å². The molecule has 0 aromatic heterocycles. The summed E-state index contributed by atoms with van der Waals surface area (Å²) in [5, 5.41) is 0. The lowest BCUT2D eigenvalue weighted by Crippen LogP contribution is -2.42. The fraction of sp³-hybridized carbons (Fsp3) is 0.588. The first-order valence-electron chi connectivity index (χ1n) is 7.41. The molecule has 3 heteroatoms. The number of hydrogen-bond acceptors (Lipinski definition) is 3. The van der Waals surface area contributed by atoms with E-state index in [4.69, 9.17) is 9.47 Å². The number of rotatable bonds is 6. The SMILES string of the molecule is [CH2]CCOc1ccc(C2(CN(C)C)CCOCC2)cc1. The van der Waals surface area contributed by atoms with Crippen LogP contribution < -0.4 is 4.74 Å². The molecule has 1 aromatic carbocycles. The topological polar surface area (TPSA) is 21.7 Å². The molecular weight excluding hydrogens is 250 g/mol. The summed E-state index contributed by atoms with van der Waals surface area (Å²) in [6, 6.07) is 8.59. The van der Waals surface area contributed by atoms with E-state index in [-0.39, 0.29) is 5.41 Å². The molecule has 0 amide bonds. The van der Waals surface area contributed by atoms with Crippen LogP contribution in [0.2, 0.25) is 0 Å². The van der Waals surface area contributed by atoms with E-state index in [9.17, 15) is 0 Å². The highest BCUT2D eigenvalue weighted by Gasteiger charge is 2.34. The molecule has 0 spiro atoms. The first kappa shape index (κ1) is 15.3. The maximum atomic E-state index is 5.61. The molecule has 0 saturated carbocycles. The number of likely N-dealkylation sites (N-methyl/N-ethyl adjacent to an activating group) is 1. The molecule has 0 unspecified atom stereocenters. The second kappa shape index (κ2) is 7.09. The highest BCUT2D eigenvalue weighted by atomic mass is 16.5. The fourth-order valence-electron chi connectivity index (χ4n) is 3.00. The van der Waals surface area contributed by atoms with Crippen LogP contribution >= 0.6 is 0 Å². The summed E-state index contributed by atoms with van der Waals surface area (Å²) in [5.41, 5.74) is 1.61. The van der Waals surface area contributed by atoms with Crippen LogP contribution in [0, 0.1) is 6.92 Å². The van der Waals surface area contributed by atoms with Crippen LogP contribution in [0.15, 0.2) is 24.3 Å². The first-order valence-corrected chi connectivity index (χ1v) is 7.41. The number of hydrogen-bond donors (Lipinski definition) is 0. The van der Waals surface area contributed by atoms with Gasteiger partial charge in [-0.15, -0.1) is 0 Å². The Morgan fingerprint density at radius 3 is 2.40 bits per heavy atom. The standard InChI is InChI=1S/C17H26NO2/c1-4-11-20-16-7-5-15(6-8-16)17(14-18(2)3)9-12-19-13-10-17/h5-8H,1,4,9-14H2,2-3H3. The molecule has 1 fully saturated rings. The van der Waals surface area contributed by atoms with Crippen LogP contribution in [0.3, 0.4) is 0 Å². The lowest BCUT2D eigenvalue weighted by atomic mass is 9.74. The van der Waals surface area contributed by atoms with Crippen molar-refractivity contribution in [3.63, 3.8) is 0 Å². The lowest BCUT2D eigenvalue weighted by molar-refractivity contribution is 0.0401. The monoisotopic (exact) mass is 276 g/mol. The van der Waals surface area contributed by atoms with Gasteiger partial charge in [0.2, 0.25) is 0 Å². The molecule has 0 N–H and O–H groups in total. The van der Waals surface area contributed by atoms with Crippen molar-refractivity contribution in [3.05, 3.63) is 36.8 Å². The minimum Gasteiger partial charge on any atom is -0.494 e. The predicted molar refractivity (Wildman–Crippen MR) is 82.2 cm³/mol. The molecule has 2 rings (SSSR count). The zero-order valence-corrected chi connectivity index (χ0v) is 12.7. The van der Waals surface area contributed by atoms with E-state index in [2.05, 4.69) is 50.2 Å². The summed E-state index contributed by atoms with van der Waals surface area (Å²) < 4.78 is 11.2. The van der Waals surface area contributed by atoms with Gasteiger partial charge in [0.25, 0.3) is 0 Å². The summed E-state index contributed by atoms with van der Waals surface area (Å²) in [7, 11) is 4.28. The molecule has 1 saturated heterocycles. The Labute approximate surface area is 122 Å². The van der Waals surface area contributed by atoms with E-state index in [0.29, 0.717) is 6.61 Å². The van der Waals surface area contributed by atoms with Crippen molar-refractivity contribution in [2.45, 2.75) is 24.7 Å². The third kappa shape index (κ3) is 3.74. The van der Waals surface area contributed by atoms with Crippen LogP contribution in [0.4, 0.5) is 0 Å². The van der Waals surface area contributed by atoms with Crippen LogP contribution in [0.1, 0.15) is 24.8 Å². The summed E-state index contributed by atoms with van der Waals surface area (Å²) in [6.45, 7) is 7.24. The Morgan fingerprint density at radius 2 is 1.85 bits per heavy atom. The molecule has 0 aliphatic carbocycles. The van der Waals surface area contributed by atoms with Gasteiger partial charge < -0.3 is 14.4 Å². The van der Waals surface area contributed by atoms with Gasteiger partial charge in [0.15, 0.2) is 0 Å². The summed E-state index contributed by atoms with van der Waals surface area (Å²) in [4.78, 5) is 2.28. The Morgan fingerprint density at radius 1 is 1.20 bits per heavy atom. The number of ether oxygens (including phenoxy) is 2. The van der Waals surface area contributed by atoms with Crippen molar-refractivity contribution in [2.24, 2.45) is 0 Å². The molecular formula is C17H26NO2. The van der Waals surface area contributed by atoms with Crippen molar-refractivity contribution < 1.29 is 9.47 Å². The normalized spacial score (nSPS) is 18.2. The molecule has 0 bridgehead atoms. The van der Waals surface area contributed by atoms with Gasteiger partial charge >= 0.3 is 0 Å². The quantitative estimate of drug-likeness (QED) is 0.797. The van der Waals surface area contributed by atoms with Gasteiger partial charge in [-0.1, -0.05) is 12.1 Å². The Kier molecular flexibility index (Phi) is 5.44. The average Bonchev–Trinajstić information content (AvgIpc) is 2.46. The maximum absolute atomic E-state index is 5.61.